The second-order valence-electron chi connectivity index (χ2n) is 7.55. The van der Waals surface area contributed by atoms with Crippen LogP contribution < -0.4 is 5.56 Å². The largest absolute Gasteiger partial charge is 0.467 e. The molecular formula is C21H22ClN3O5S2. The Morgan fingerprint density at radius 1 is 1.38 bits per heavy atom. The zero-order chi connectivity index (χ0) is 22.9. The Bertz CT molecular complexity index is 1300. The lowest BCUT2D eigenvalue weighted by Gasteiger charge is -2.26. The van der Waals surface area contributed by atoms with Gasteiger partial charge in [-0.15, -0.1) is 0 Å². The summed E-state index contributed by atoms with van der Waals surface area (Å²) in [6, 6.07) is 8.06. The van der Waals surface area contributed by atoms with Crippen molar-refractivity contribution in [2.75, 3.05) is 23.8 Å². The fourth-order valence-electron chi connectivity index (χ4n) is 3.85. The quantitative estimate of drug-likeness (QED) is 0.367. The summed E-state index contributed by atoms with van der Waals surface area (Å²) in [5.74, 6) is 0.518. The first-order valence-electron chi connectivity index (χ1n) is 10.1. The van der Waals surface area contributed by atoms with E-state index < -0.39 is 9.84 Å². The number of amides is 1. The van der Waals surface area contributed by atoms with Crippen molar-refractivity contribution in [1.82, 2.24) is 14.5 Å². The van der Waals surface area contributed by atoms with E-state index in [0.29, 0.717) is 39.8 Å². The van der Waals surface area contributed by atoms with Crippen molar-refractivity contribution in [3.05, 3.63) is 57.7 Å². The molecule has 0 radical (unpaired) electrons. The molecule has 3 aromatic rings. The molecule has 0 aliphatic carbocycles. The number of aromatic nitrogens is 2. The molecule has 0 saturated carbocycles. The van der Waals surface area contributed by atoms with Crippen LogP contribution >= 0.6 is 23.4 Å². The molecule has 1 saturated heterocycles. The molecule has 0 N–H and O–H groups in total. The summed E-state index contributed by atoms with van der Waals surface area (Å²) in [7, 11) is -3.10. The fraction of sp³-hybridized carbons (Fsp3) is 0.381. The SMILES string of the molecule is CCN(C(=O)CSc1nc2cc(Cl)ccc2c(=O)n1Cc1ccco1)C1CCS(=O)(=O)C1. The van der Waals surface area contributed by atoms with Crippen molar-refractivity contribution in [1.29, 1.82) is 0 Å². The molecule has 170 valence electrons. The first-order chi connectivity index (χ1) is 15.3. The predicted octanol–water partition coefficient (Wildman–Crippen LogP) is 2.82. The number of furan rings is 1. The smallest absolute Gasteiger partial charge is 0.262 e. The highest BCUT2D eigenvalue weighted by Crippen LogP contribution is 2.23. The van der Waals surface area contributed by atoms with E-state index in [9.17, 15) is 18.0 Å². The Hall–Kier alpha value is -2.30. The molecular weight excluding hydrogens is 474 g/mol. The summed E-state index contributed by atoms with van der Waals surface area (Å²) < 4.78 is 30.5. The van der Waals surface area contributed by atoms with Crippen LogP contribution in [0.2, 0.25) is 5.02 Å². The van der Waals surface area contributed by atoms with Crippen LogP contribution in [-0.2, 0) is 21.2 Å². The van der Waals surface area contributed by atoms with Crippen LogP contribution in [0.1, 0.15) is 19.1 Å². The Kier molecular flexibility index (Phi) is 6.64. The summed E-state index contributed by atoms with van der Waals surface area (Å²) in [4.78, 5) is 32.3. The number of hydrogen-bond donors (Lipinski definition) is 0. The van der Waals surface area contributed by atoms with E-state index in [-0.39, 0.29) is 41.3 Å². The molecule has 0 bridgehead atoms. The van der Waals surface area contributed by atoms with Crippen molar-refractivity contribution in [2.45, 2.75) is 31.1 Å². The van der Waals surface area contributed by atoms with Gasteiger partial charge in [0.05, 0.1) is 41.0 Å². The van der Waals surface area contributed by atoms with Crippen LogP contribution in [0.15, 0.2) is 51.0 Å². The Balaban J connectivity index is 1.62. The molecule has 1 unspecified atom stereocenters. The molecule has 4 rings (SSSR count). The van der Waals surface area contributed by atoms with Gasteiger partial charge in [-0.05, 0) is 43.7 Å². The third-order valence-corrected chi connectivity index (χ3v) is 8.36. The molecule has 1 aromatic carbocycles. The minimum atomic E-state index is -3.10. The van der Waals surface area contributed by atoms with Gasteiger partial charge < -0.3 is 9.32 Å². The molecule has 1 fully saturated rings. The zero-order valence-corrected chi connectivity index (χ0v) is 19.8. The highest BCUT2D eigenvalue weighted by atomic mass is 35.5. The fourth-order valence-corrected chi connectivity index (χ4v) is 6.63. The third kappa shape index (κ3) is 4.87. The molecule has 1 atom stereocenters. The van der Waals surface area contributed by atoms with Crippen LogP contribution in [0.25, 0.3) is 10.9 Å². The summed E-state index contributed by atoms with van der Waals surface area (Å²) in [5.41, 5.74) is 0.189. The van der Waals surface area contributed by atoms with Crippen molar-refractivity contribution in [3.8, 4) is 0 Å². The van der Waals surface area contributed by atoms with Gasteiger partial charge in [-0.3, -0.25) is 14.2 Å². The van der Waals surface area contributed by atoms with Gasteiger partial charge in [0.2, 0.25) is 5.91 Å². The van der Waals surface area contributed by atoms with Crippen molar-refractivity contribution in [3.63, 3.8) is 0 Å². The van der Waals surface area contributed by atoms with Crippen molar-refractivity contribution >= 4 is 50.0 Å². The number of carbonyl (C=O) groups is 1. The molecule has 1 aliphatic rings. The summed E-state index contributed by atoms with van der Waals surface area (Å²) in [6.07, 6.45) is 1.97. The number of rotatable bonds is 7. The van der Waals surface area contributed by atoms with E-state index in [1.54, 1.807) is 35.2 Å². The Morgan fingerprint density at radius 2 is 2.19 bits per heavy atom. The second kappa shape index (κ2) is 9.29. The van der Waals surface area contributed by atoms with Gasteiger partial charge in [0.1, 0.15) is 5.76 Å². The highest BCUT2D eigenvalue weighted by molar-refractivity contribution is 7.99. The molecule has 2 aromatic heterocycles. The standard InChI is InChI=1S/C21H22ClN3O5S2/c1-2-24(15-7-9-32(28,29)13-15)19(26)12-31-21-23-18-10-14(22)5-6-17(18)20(27)25(21)11-16-4-3-8-30-16/h3-6,8,10,15H,2,7,9,11-13H2,1H3. The number of halogens is 1. The summed E-state index contributed by atoms with van der Waals surface area (Å²) in [6.45, 7) is 2.42. The number of benzene rings is 1. The van der Waals surface area contributed by atoms with Crippen LogP contribution in [-0.4, -0.2) is 58.6 Å². The molecule has 8 nitrogen and oxygen atoms in total. The first-order valence-corrected chi connectivity index (χ1v) is 13.3. The van der Waals surface area contributed by atoms with Gasteiger partial charge >= 0.3 is 0 Å². The lowest BCUT2D eigenvalue weighted by molar-refractivity contribution is -0.129. The van der Waals surface area contributed by atoms with Crippen LogP contribution in [0, 0.1) is 0 Å². The first kappa shape index (κ1) is 22.9. The minimum absolute atomic E-state index is 0.00677. The van der Waals surface area contributed by atoms with Crippen LogP contribution in [0.5, 0.6) is 0 Å². The monoisotopic (exact) mass is 495 g/mol. The molecule has 0 spiro atoms. The molecule has 3 heterocycles. The molecule has 1 amide bonds. The number of carbonyl (C=O) groups excluding carboxylic acids is 1. The highest BCUT2D eigenvalue weighted by Gasteiger charge is 2.34. The average molecular weight is 496 g/mol. The summed E-state index contributed by atoms with van der Waals surface area (Å²) >= 11 is 7.22. The number of fused-ring (bicyclic) bond motifs is 1. The van der Waals surface area contributed by atoms with Gasteiger partial charge in [0, 0.05) is 17.6 Å². The third-order valence-electron chi connectivity index (χ3n) is 5.41. The number of sulfone groups is 1. The molecule has 1 aliphatic heterocycles. The predicted molar refractivity (Wildman–Crippen MR) is 124 cm³/mol. The van der Waals surface area contributed by atoms with Gasteiger partial charge in [-0.2, -0.15) is 0 Å². The van der Waals surface area contributed by atoms with E-state index in [1.165, 1.54) is 10.8 Å². The van der Waals surface area contributed by atoms with E-state index in [0.717, 1.165) is 11.8 Å². The van der Waals surface area contributed by atoms with Crippen LogP contribution in [0.4, 0.5) is 0 Å². The van der Waals surface area contributed by atoms with E-state index in [4.69, 9.17) is 16.0 Å². The maximum Gasteiger partial charge on any atom is 0.262 e. The lowest BCUT2D eigenvalue weighted by Crippen LogP contribution is -2.42. The lowest BCUT2D eigenvalue weighted by atomic mass is 10.2. The number of nitrogens with zero attached hydrogens (tertiary/aromatic N) is 3. The maximum absolute atomic E-state index is 13.2. The van der Waals surface area contributed by atoms with Crippen molar-refractivity contribution in [2.24, 2.45) is 0 Å². The van der Waals surface area contributed by atoms with E-state index in [2.05, 4.69) is 4.98 Å². The zero-order valence-electron chi connectivity index (χ0n) is 17.4. The maximum atomic E-state index is 13.2. The second-order valence-corrected chi connectivity index (χ2v) is 11.2. The van der Waals surface area contributed by atoms with E-state index in [1.807, 2.05) is 6.92 Å². The number of hydrogen-bond acceptors (Lipinski definition) is 7. The Labute approximate surface area is 194 Å². The number of thioether (sulfide) groups is 1. The topological polar surface area (TPSA) is 102 Å². The average Bonchev–Trinajstić information content (AvgIpc) is 3.38. The Morgan fingerprint density at radius 3 is 2.84 bits per heavy atom. The van der Waals surface area contributed by atoms with E-state index >= 15 is 0 Å². The van der Waals surface area contributed by atoms with Crippen LogP contribution in [0.3, 0.4) is 0 Å². The normalized spacial score (nSPS) is 17.6. The summed E-state index contributed by atoms with van der Waals surface area (Å²) in [5, 5.41) is 1.24. The molecule has 11 heteroatoms. The van der Waals surface area contributed by atoms with Crippen molar-refractivity contribution < 1.29 is 17.6 Å². The van der Waals surface area contributed by atoms with Gasteiger partial charge in [0.15, 0.2) is 15.0 Å². The van der Waals surface area contributed by atoms with Gasteiger partial charge in [-0.1, -0.05) is 23.4 Å². The van der Waals surface area contributed by atoms with Gasteiger partial charge in [-0.25, -0.2) is 13.4 Å². The molecule has 32 heavy (non-hydrogen) atoms. The van der Waals surface area contributed by atoms with Gasteiger partial charge in [0.25, 0.3) is 5.56 Å². The minimum Gasteiger partial charge on any atom is -0.467 e.